The van der Waals surface area contributed by atoms with Crippen molar-refractivity contribution in [3.05, 3.63) is 11.1 Å². The zero-order valence-electron chi connectivity index (χ0n) is 15.9. The lowest BCUT2D eigenvalue weighted by Gasteiger charge is -2.34. The highest BCUT2D eigenvalue weighted by Crippen LogP contribution is 2.58. The van der Waals surface area contributed by atoms with Gasteiger partial charge in [-0.05, 0) is 51.6 Å². The molecule has 3 atom stereocenters. The van der Waals surface area contributed by atoms with Gasteiger partial charge >= 0.3 is 0 Å². The first kappa shape index (κ1) is 22.8. The molecule has 0 radical (unpaired) electrons. The van der Waals surface area contributed by atoms with Crippen LogP contribution in [-0.2, 0) is 16.1 Å². The number of carbonyl (C=O) groups is 1. The number of rotatable bonds is 4. The standard InChI is InChI=1S/C18H28N4O2S.2ClH/c1-12-8-22(9-13(2)24-12)10-14-11-25-17(20-14)21-16(23)15-7-18(15)3-5-19-6-4-18;;/h11-13,15,19H,3-10H2,1-2H3,(H,20,21,23);2*1H. The van der Waals surface area contributed by atoms with Crippen molar-refractivity contribution in [3.8, 4) is 0 Å². The van der Waals surface area contributed by atoms with Crippen LogP contribution in [0, 0.1) is 11.3 Å². The Kier molecular flexibility index (Phi) is 7.93. The molecule has 1 saturated carbocycles. The predicted octanol–water partition coefficient (Wildman–Crippen LogP) is 2.92. The van der Waals surface area contributed by atoms with E-state index in [0.29, 0.717) is 0 Å². The third kappa shape index (κ3) is 5.34. The van der Waals surface area contributed by atoms with E-state index >= 15 is 0 Å². The second-order valence-corrected chi connectivity index (χ2v) is 8.81. The van der Waals surface area contributed by atoms with Crippen LogP contribution in [0.1, 0.15) is 38.8 Å². The summed E-state index contributed by atoms with van der Waals surface area (Å²) in [7, 11) is 0. The number of carbonyl (C=O) groups excluding carboxylic acids is 1. The Labute approximate surface area is 177 Å². The van der Waals surface area contributed by atoms with Gasteiger partial charge in [0.15, 0.2) is 5.13 Å². The molecule has 3 aliphatic rings. The monoisotopic (exact) mass is 436 g/mol. The van der Waals surface area contributed by atoms with E-state index in [0.717, 1.165) is 62.8 Å². The molecule has 1 aliphatic carbocycles. The van der Waals surface area contributed by atoms with Gasteiger partial charge in [0.2, 0.25) is 5.91 Å². The molecule has 1 aromatic heterocycles. The molecular formula is C18H30Cl2N4O2S. The summed E-state index contributed by atoms with van der Waals surface area (Å²) in [6.07, 6.45) is 3.82. The molecule has 1 amide bonds. The zero-order valence-corrected chi connectivity index (χ0v) is 18.4. The lowest BCUT2D eigenvalue weighted by molar-refractivity contribution is -0.118. The average Bonchev–Trinajstić information content (AvgIpc) is 3.06. The minimum atomic E-state index is 0. The van der Waals surface area contributed by atoms with Crippen LogP contribution in [-0.4, -0.2) is 54.2 Å². The Morgan fingerprint density at radius 3 is 2.67 bits per heavy atom. The van der Waals surface area contributed by atoms with Crippen LogP contribution in [0.4, 0.5) is 5.13 Å². The van der Waals surface area contributed by atoms with E-state index in [2.05, 4.69) is 39.7 Å². The minimum Gasteiger partial charge on any atom is -0.373 e. The number of nitrogens with zero attached hydrogens (tertiary/aromatic N) is 2. The van der Waals surface area contributed by atoms with Crippen molar-refractivity contribution >= 4 is 47.2 Å². The summed E-state index contributed by atoms with van der Waals surface area (Å²) in [5.41, 5.74) is 1.31. The minimum absolute atomic E-state index is 0. The predicted molar refractivity (Wildman–Crippen MR) is 113 cm³/mol. The highest BCUT2D eigenvalue weighted by molar-refractivity contribution is 7.13. The van der Waals surface area contributed by atoms with Crippen LogP contribution >= 0.6 is 36.2 Å². The van der Waals surface area contributed by atoms with Gasteiger partial charge in [-0.2, -0.15) is 0 Å². The Balaban J connectivity index is 0.00000131. The third-order valence-corrected chi connectivity index (χ3v) is 6.57. The summed E-state index contributed by atoms with van der Waals surface area (Å²) >= 11 is 1.53. The van der Waals surface area contributed by atoms with Crippen molar-refractivity contribution < 1.29 is 9.53 Å². The molecular weight excluding hydrogens is 407 g/mol. The average molecular weight is 437 g/mol. The number of hydrogen-bond donors (Lipinski definition) is 2. The van der Waals surface area contributed by atoms with E-state index in [1.807, 2.05) is 0 Å². The molecule has 3 fully saturated rings. The van der Waals surface area contributed by atoms with Crippen molar-refractivity contribution in [1.29, 1.82) is 0 Å². The molecule has 1 aromatic rings. The van der Waals surface area contributed by atoms with Crippen molar-refractivity contribution in [1.82, 2.24) is 15.2 Å². The van der Waals surface area contributed by atoms with E-state index in [1.54, 1.807) is 0 Å². The first-order chi connectivity index (χ1) is 12.0. The summed E-state index contributed by atoms with van der Waals surface area (Å²) in [5.74, 6) is 0.347. The molecule has 9 heteroatoms. The second kappa shape index (κ2) is 9.37. The van der Waals surface area contributed by atoms with Gasteiger partial charge in [-0.1, -0.05) is 0 Å². The van der Waals surface area contributed by atoms with Crippen LogP contribution in [0.5, 0.6) is 0 Å². The molecule has 0 bridgehead atoms. The highest BCUT2D eigenvalue weighted by Gasteiger charge is 2.57. The number of ether oxygens (including phenoxy) is 1. The smallest absolute Gasteiger partial charge is 0.229 e. The van der Waals surface area contributed by atoms with Crippen LogP contribution < -0.4 is 10.6 Å². The molecule has 3 unspecified atom stereocenters. The number of anilines is 1. The topological polar surface area (TPSA) is 66.5 Å². The Hall–Kier alpha value is -0.440. The molecule has 154 valence electrons. The van der Waals surface area contributed by atoms with Crippen molar-refractivity contribution in [3.63, 3.8) is 0 Å². The number of morpholine rings is 1. The normalized spacial score (nSPS) is 29.5. The summed E-state index contributed by atoms with van der Waals surface area (Å²) in [5, 5.41) is 9.24. The summed E-state index contributed by atoms with van der Waals surface area (Å²) < 4.78 is 5.78. The first-order valence-electron chi connectivity index (χ1n) is 9.38. The van der Waals surface area contributed by atoms with E-state index in [4.69, 9.17) is 4.74 Å². The number of halogens is 2. The highest BCUT2D eigenvalue weighted by atomic mass is 35.5. The number of aromatic nitrogens is 1. The van der Waals surface area contributed by atoms with Crippen molar-refractivity contribution in [2.75, 3.05) is 31.5 Å². The van der Waals surface area contributed by atoms with Gasteiger partial charge in [0.25, 0.3) is 0 Å². The molecule has 2 saturated heterocycles. The first-order valence-corrected chi connectivity index (χ1v) is 10.3. The zero-order chi connectivity index (χ0) is 17.4. The van der Waals surface area contributed by atoms with E-state index < -0.39 is 0 Å². The number of amides is 1. The fourth-order valence-corrected chi connectivity index (χ4v) is 5.17. The molecule has 2 aliphatic heterocycles. The number of thiazole rings is 1. The molecule has 0 aromatic carbocycles. The molecule has 2 N–H and O–H groups in total. The SMILES string of the molecule is CC1CN(Cc2csc(NC(=O)C3CC34CCNCC4)n2)CC(C)O1.Cl.Cl. The quantitative estimate of drug-likeness (QED) is 0.759. The lowest BCUT2D eigenvalue weighted by atomic mass is 9.92. The Bertz CT molecular complexity index is 629. The maximum absolute atomic E-state index is 12.5. The number of nitrogens with one attached hydrogen (secondary N) is 2. The Morgan fingerprint density at radius 1 is 1.33 bits per heavy atom. The van der Waals surface area contributed by atoms with E-state index in [1.165, 1.54) is 11.3 Å². The van der Waals surface area contributed by atoms with E-state index in [9.17, 15) is 4.79 Å². The largest absolute Gasteiger partial charge is 0.373 e. The second-order valence-electron chi connectivity index (χ2n) is 7.95. The van der Waals surface area contributed by atoms with Gasteiger partial charge in [-0.15, -0.1) is 36.2 Å². The molecule has 4 rings (SSSR count). The summed E-state index contributed by atoms with van der Waals surface area (Å²) in [6, 6.07) is 0. The number of piperidine rings is 1. The molecule has 1 spiro atoms. The Morgan fingerprint density at radius 2 is 2.00 bits per heavy atom. The van der Waals surface area contributed by atoms with Gasteiger partial charge in [0.05, 0.1) is 17.9 Å². The lowest BCUT2D eigenvalue weighted by Crippen LogP contribution is -2.44. The van der Waals surface area contributed by atoms with Crippen molar-refractivity contribution in [2.45, 2.75) is 51.9 Å². The maximum Gasteiger partial charge on any atom is 0.229 e. The van der Waals surface area contributed by atoms with E-state index in [-0.39, 0.29) is 54.3 Å². The third-order valence-electron chi connectivity index (χ3n) is 5.77. The maximum atomic E-state index is 12.5. The summed E-state index contributed by atoms with van der Waals surface area (Å²) in [6.45, 7) is 9.00. The van der Waals surface area contributed by atoms with Crippen molar-refractivity contribution in [2.24, 2.45) is 11.3 Å². The molecule has 6 nitrogen and oxygen atoms in total. The van der Waals surface area contributed by atoms with Gasteiger partial charge < -0.3 is 15.4 Å². The van der Waals surface area contributed by atoms with Crippen LogP contribution in [0.2, 0.25) is 0 Å². The van der Waals surface area contributed by atoms with Gasteiger partial charge in [0, 0.05) is 30.9 Å². The fraction of sp³-hybridized carbons (Fsp3) is 0.778. The van der Waals surface area contributed by atoms with Crippen LogP contribution in [0.25, 0.3) is 0 Å². The fourth-order valence-electron chi connectivity index (χ4n) is 4.47. The van der Waals surface area contributed by atoms with Gasteiger partial charge in [-0.3, -0.25) is 9.69 Å². The molecule has 27 heavy (non-hydrogen) atoms. The van der Waals surface area contributed by atoms with Crippen LogP contribution in [0.3, 0.4) is 0 Å². The summed E-state index contributed by atoms with van der Waals surface area (Å²) in [4.78, 5) is 19.6. The molecule has 3 heterocycles. The van der Waals surface area contributed by atoms with Crippen LogP contribution in [0.15, 0.2) is 5.38 Å². The van der Waals surface area contributed by atoms with Gasteiger partial charge in [-0.25, -0.2) is 4.98 Å². The number of hydrogen-bond acceptors (Lipinski definition) is 6. The van der Waals surface area contributed by atoms with Gasteiger partial charge in [0.1, 0.15) is 0 Å².